The maximum Gasteiger partial charge on any atom is 0.261 e. The number of aryl methyl sites for hydroxylation is 2. The first-order valence-electron chi connectivity index (χ1n) is 10.1. The summed E-state index contributed by atoms with van der Waals surface area (Å²) in [4.78, 5) is 22.1. The second-order valence-electron chi connectivity index (χ2n) is 7.34. The van der Waals surface area contributed by atoms with Crippen molar-refractivity contribution in [2.24, 2.45) is 4.99 Å². The van der Waals surface area contributed by atoms with E-state index < -0.39 is 0 Å². The fourth-order valence-electron chi connectivity index (χ4n) is 3.33. The number of pyridine rings is 1. The highest BCUT2D eigenvalue weighted by atomic mass is 16.5. The molecule has 2 aromatic carbocycles. The SMILES string of the molecule is COc1ccccc1N=c1oc2c(C)ncc(CO)c2cc1C(=O)Nc1ccc(C)cc1. The van der Waals surface area contributed by atoms with Gasteiger partial charge >= 0.3 is 0 Å². The number of hydrogen-bond acceptors (Lipinski definition) is 6. The average Bonchev–Trinajstić information content (AvgIpc) is 2.81. The zero-order valence-electron chi connectivity index (χ0n) is 18.0. The third-order valence-electron chi connectivity index (χ3n) is 5.08. The van der Waals surface area contributed by atoms with Crippen molar-refractivity contribution in [2.45, 2.75) is 20.5 Å². The average molecular weight is 429 g/mol. The van der Waals surface area contributed by atoms with Gasteiger partial charge in [-0.1, -0.05) is 29.8 Å². The van der Waals surface area contributed by atoms with Gasteiger partial charge in [0, 0.05) is 22.8 Å². The number of carbonyl (C=O) groups is 1. The molecule has 4 rings (SSSR count). The molecule has 0 aliphatic heterocycles. The highest BCUT2D eigenvalue weighted by Gasteiger charge is 2.17. The number of rotatable bonds is 5. The van der Waals surface area contributed by atoms with Gasteiger partial charge in [-0.25, -0.2) is 4.99 Å². The maximum atomic E-state index is 13.3. The van der Waals surface area contributed by atoms with Crippen LogP contribution < -0.4 is 15.6 Å². The van der Waals surface area contributed by atoms with E-state index in [1.807, 2.05) is 43.3 Å². The first-order chi connectivity index (χ1) is 15.5. The van der Waals surface area contributed by atoms with Gasteiger partial charge in [-0.15, -0.1) is 0 Å². The van der Waals surface area contributed by atoms with Gasteiger partial charge in [-0.3, -0.25) is 9.78 Å². The number of para-hydroxylation sites is 2. The number of nitrogens with one attached hydrogen (secondary N) is 1. The summed E-state index contributed by atoms with van der Waals surface area (Å²) in [5.74, 6) is 0.165. The van der Waals surface area contributed by atoms with Gasteiger partial charge in [-0.2, -0.15) is 0 Å². The Hall–Kier alpha value is -3.97. The van der Waals surface area contributed by atoms with Crippen molar-refractivity contribution in [3.05, 3.63) is 88.7 Å². The zero-order valence-corrected chi connectivity index (χ0v) is 18.0. The Morgan fingerprint density at radius 2 is 1.91 bits per heavy atom. The number of benzene rings is 2. The number of carbonyl (C=O) groups excluding carboxylic acids is 1. The van der Waals surface area contributed by atoms with Crippen LogP contribution in [0.25, 0.3) is 11.0 Å². The largest absolute Gasteiger partial charge is 0.494 e. The number of nitrogens with zero attached hydrogens (tertiary/aromatic N) is 2. The lowest BCUT2D eigenvalue weighted by Gasteiger charge is -2.10. The summed E-state index contributed by atoms with van der Waals surface area (Å²) in [6.45, 7) is 3.54. The molecule has 0 atom stereocenters. The van der Waals surface area contributed by atoms with Crippen molar-refractivity contribution in [3.63, 3.8) is 0 Å². The molecular formula is C25H23N3O4. The number of fused-ring (bicyclic) bond motifs is 1. The van der Waals surface area contributed by atoms with Crippen molar-refractivity contribution in [3.8, 4) is 5.75 Å². The van der Waals surface area contributed by atoms with E-state index in [0.717, 1.165) is 5.56 Å². The van der Waals surface area contributed by atoms with Crippen LogP contribution in [0.15, 0.2) is 70.2 Å². The fraction of sp³-hybridized carbons (Fsp3) is 0.160. The predicted octanol–water partition coefficient (Wildman–Crippen LogP) is 4.43. The lowest BCUT2D eigenvalue weighted by atomic mass is 10.1. The van der Waals surface area contributed by atoms with E-state index in [9.17, 15) is 9.90 Å². The van der Waals surface area contributed by atoms with E-state index in [1.54, 1.807) is 38.4 Å². The monoisotopic (exact) mass is 429 g/mol. The Bertz CT molecular complexity index is 1360. The Balaban J connectivity index is 1.94. The van der Waals surface area contributed by atoms with Crippen LogP contribution in [0.3, 0.4) is 0 Å². The van der Waals surface area contributed by atoms with E-state index >= 15 is 0 Å². The number of aliphatic hydroxyl groups is 1. The molecule has 2 aromatic heterocycles. The molecule has 0 bridgehead atoms. The maximum absolute atomic E-state index is 13.3. The van der Waals surface area contributed by atoms with E-state index in [2.05, 4.69) is 15.3 Å². The molecule has 0 unspecified atom stereocenters. The van der Waals surface area contributed by atoms with Crippen LogP contribution in [0.5, 0.6) is 5.75 Å². The molecule has 4 aromatic rings. The van der Waals surface area contributed by atoms with Crippen molar-refractivity contribution in [1.29, 1.82) is 0 Å². The normalized spacial score (nSPS) is 11.6. The molecule has 32 heavy (non-hydrogen) atoms. The molecule has 0 saturated carbocycles. The van der Waals surface area contributed by atoms with Crippen molar-refractivity contribution >= 4 is 28.3 Å². The number of amides is 1. The second-order valence-corrected chi connectivity index (χ2v) is 7.34. The number of methoxy groups -OCH3 is 1. The Morgan fingerprint density at radius 3 is 2.62 bits per heavy atom. The summed E-state index contributed by atoms with van der Waals surface area (Å²) >= 11 is 0. The number of anilines is 1. The van der Waals surface area contributed by atoms with Crippen LogP contribution in [0.2, 0.25) is 0 Å². The lowest BCUT2D eigenvalue weighted by molar-refractivity contribution is 0.102. The highest BCUT2D eigenvalue weighted by Crippen LogP contribution is 2.27. The standard InChI is InChI=1S/C25H23N3O4/c1-15-8-10-18(11-9-15)27-24(30)20-12-19-17(14-29)13-26-16(2)23(19)32-25(20)28-21-6-4-5-7-22(21)31-3/h4-13,29H,14H2,1-3H3,(H,27,30). The van der Waals surface area contributed by atoms with Gasteiger partial charge in [0.15, 0.2) is 5.58 Å². The van der Waals surface area contributed by atoms with Crippen LogP contribution in [0.1, 0.15) is 27.2 Å². The first-order valence-corrected chi connectivity index (χ1v) is 10.1. The summed E-state index contributed by atoms with van der Waals surface area (Å²) in [7, 11) is 1.55. The van der Waals surface area contributed by atoms with Gasteiger partial charge in [0.2, 0.25) is 5.55 Å². The number of ether oxygens (including phenoxy) is 1. The molecule has 7 nitrogen and oxygen atoms in total. The van der Waals surface area contributed by atoms with Gasteiger partial charge in [0.05, 0.1) is 19.4 Å². The number of aromatic nitrogens is 1. The third-order valence-corrected chi connectivity index (χ3v) is 5.08. The molecule has 0 saturated heterocycles. The van der Waals surface area contributed by atoms with Crippen LogP contribution in [0.4, 0.5) is 11.4 Å². The summed E-state index contributed by atoms with van der Waals surface area (Å²) in [5, 5.41) is 13.3. The second kappa shape index (κ2) is 9.03. The Morgan fingerprint density at radius 1 is 1.16 bits per heavy atom. The minimum absolute atomic E-state index is 0.117. The van der Waals surface area contributed by atoms with Gasteiger partial charge in [-0.05, 0) is 44.2 Å². The predicted molar refractivity (Wildman–Crippen MR) is 122 cm³/mol. The van der Waals surface area contributed by atoms with Gasteiger partial charge in [0.1, 0.15) is 17.0 Å². The van der Waals surface area contributed by atoms with E-state index in [4.69, 9.17) is 9.15 Å². The molecule has 0 radical (unpaired) electrons. The zero-order chi connectivity index (χ0) is 22.7. The summed E-state index contributed by atoms with van der Waals surface area (Å²) in [6.07, 6.45) is 1.58. The molecule has 0 fully saturated rings. The number of hydrogen-bond donors (Lipinski definition) is 2. The topological polar surface area (TPSA) is 97.0 Å². The fourth-order valence-corrected chi connectivity index (χ4v) is 3.33. The Labute approximate surface area is 185 Å². The van der Waals surface area contributed by atoms with Crippen molar-refractivity contribution in [2.75, 3.05) is 12.4 Å². The molecular weight excluding hydrogens is 406 g/mol. The molecule has 2 N–H and O–H groups in total. The van der Waals surface area contributed by atoms with Crippen LogP contribution in [-0.2, 0) is 6.61 Å². The van der Waals surface area contributed by atoms with Crippen molar-refractivity contribution < 1.29 is 19.1 Å². The van der Waals surface area contributed by atoms with E-state index in [1.165, 1.54) is 0 Å². The molecule has 162 valence electrons. The molecule has 1 amide bonds. The molecule has 2 heterocycles. The summed E-state index contributed by atoms with van der Waals surface area (Å²) in [5.41, 5.74) is 4.24. The molecule has 0 aliphatic carbocycles. The van der Waals surface area contributed by atoms with E-state index in [0.29, 0.717) is 39.4 Å². The summed E-state index contributed by atoms with van der Waals surface area (Å²) < 4.78 is 11.5. The molecule has 7 heteroatoms. The lowest BCUT2D eigenvalue weighted by Crippen LogP contribution is -2.22. The Kier molecular flexibility index (Phi) is 6.00. The van der Waals surface area contributed by atoms with Gasteiger partial charge < -0.3 is 19.6 Å². The first kappa shape index (κ1) is 21.3. The van der Waals surface area contributed by atoms with Crippen LogP contribution in [-0.4, -0.2) is 23.1 Å². The highest BCUT2D eigenvalue weighted by molar-refractivity contribution is 6.05. The minimum atomic E-state index is -0.383. The summed E-state index contributed by atoms with van der Waals surface area (Å²) in [6, 6.07) is 16.4. The molecule has 0 aliphatic rings. The van der Waals surface area contributed by atoms with Crippen molar-refractivity contribution in [1.82, 2.24) is 4.98 Å². The quantitative estimate of drug-likeness (QED) is 0.489. The third kappa shape index (κ3) is 4.24. The number of aliphatic hydroxyl groups excluding tert-OH is 1. The van der Waals surface area contributed by atoms with E-state index in [-0.39, 0.29) is 23.6 Å². The minimum Gasteiger partial charge on any atom is -0.494 e. The van der Waals surface area contributed by atoms with Gasteiger partial charge in [0.25, 0.3) is 5.91 Å². The molecule has 0 spiro atoms. The smallest absolute Gasteiger partial charge is 0.261 e. The van der Waals surface area contributed by atoms with Crippen LogP contribution in [0, 0.1) is 13.8 Å². The van der Waals surface area contributed by atoms with Crippen LogP contribution >= 0.6 is 0 Å².